The Bertz CT molecular complexity index is 1390. The SMILES string of the molecule is CCC(Sc1nc2c(cc1C#N)CC(C)CC2)C(=O)Nc1ccc(S(=O)(=O)Nc2ncccn2)cc1. The van der Waals surface area contributed by atoms with Crippen LogP contribution in [0.2, 0.25) is 0 Å². The van der Waals surface area contributed by atoms with Gasteiger partial charge in [-0.2, -0.15) is 5.26 Å². The Kier molecular flexibility index (Phi) is 7.86. The predicted octanol–water partition coefficient (Wildman–Crippen LogP) is 4.18. The number of hydrogen-bond donors (Lipinski definition) is 2. The van der Waals surface area contributed by atoms with E-state index < -0.39 is 15.3 Å². The lowest BCUT2D eigenvalue weighted by atomic mass is 9.87. The van der Waals surface area contributed by atoms with Crippen molar-refractivity contribution < 1.29 is 13.2 Å². The molecule has 1 amide bonds. The molecule has 2 aromatic heterocycles. The number of nitriles is 1. The lowest BCUT2D eigenvalue weighted by Gasteiger charge is -2.22. The summed E-state index contributed by atoms with van der Waals surface area (Å²) in [4.78, 5) is 25.5. The molecule has 1 aliphatic rings. The summed E-state index contributed by atoms with van der Waals surface area (Å²) in [6.45, 7) is 4.10. The van der Waals surface area contributed by atoms with Crippen molar-refractivity contribution in [1.82, 2.24) is 15.0 Å². The molecule has 2 atom stereocenters. The number of aromatic nitrogens is 3. The zero-order valence-corrected chi connectivity index (χ0v) is 21.6. The number of aryl methyl sites for hydroxylation is 1. The number of sulfonamides is 1. The van der Waals surface area contributed by atoms with Gasteiger partial charge in [0.05, 0.1) is 15.7 Å². The Morgan fingerprint density at radius 3 is 2.64 bits per heavy atom. The molecule has 2 N–H and O–H groups in total. The molecule has 0 fully saturated rings. The fourth-order valence-electron chi connectivity index (χ4n) is 3.93. The second-order valence-corrected chi connectivity index (χ2v) is 11.5. The molecule has 0 saturated carbocycles. The molecule has 11 heteroatoms. The van der Waals surface area contributed by atoms with Gasteiger partial charge in [0.2, 0.25) is 11.9 Å². The van der Waals surface area contributed by atoms with E-state index in [1.165, 1.54) is 48.4 Å². The minimum atomic E-state index is -3.87. The highest BCUT2D eigenvalue weighted by atomic mass is 32.2. The highest BCUT2D eigenvalue weighted by Gasteiger charge is 2.24. The number of rotatable bonds is 8. The highest BCUT2D eigenvalue weighted by Crippen LogP contribution is 2.32. The van der Waals surface area contributed by atoms with Crippen molar-refractivity contribution in [2.24, 2.45) is 5.92 Å². The largest absolute Gasteiger partial charge is 0.325 e. The molecule has 2 unspecified atom stereocenters. The maximum absolute atomic E-state index is 13.0. The van der Waals surface area contributed by atoms with Crippen LogP contribution in [-0.2, 0) is 27.7 Å². The van der Waals surface area contributed by atoms with Crippen molar-refractivity contribution >= 4 is 39.3 Å². The Balaban J connectivity index is 1.45. The average molecular weight is 523 g/mol. The van der Waals surface area contributed by atoms with Crippen LogP contribution in [0.25, 0.3) is 0 Å². The van der Waals surface area contributed by atoms with Gasteiger partial charge >= 0.3 is 0 Å². The first-order chi connectivity index (χ1) is 17.3. The average Bonchev–Trinajstić information content (AvgIpc) is 2.87. The molecule has 2 heterocycles. The monoisotopic (exact) mass is 522 g/mol. The fourth-order valence-corrected chi connectivity index (χ4v) is 5.88. The van der Waals surface area contributed by atoms with E-state index in [1.807, 2.05) is 13.0 Å². The van der Waals surface area contributed by atoms with Crippen LogP contribution < -0.4 is 10.0 Å². The number of carbonyl (C=O) groups is 1. The molecular weight excluding hydrogens is 496 g/mol. The Morgan fingerprint density at radius 1 is 1.25 bits per heavy atom. The van der Waals surface area contributed by atoms with Crippen molar-refractivity contribution in [3.05, 3.63) is 65.6 Å². The van der Waals surface area contributed by atoms with Crippen LogP contribution in [0.3, 0.4) is 0 Å². The third kappa shape index (κ3) is 6.01. The van der Waals surface area contributed by atoms with Crippen molar-refractivity contribution in [3.8, 4) is 6.07 Å². The standard InChI is InChI=1S/C25H26N6O3S2/c1-3-22(35-24-18(15-26)14-17-13-16(2)5-10-21(17)30-24)23(32)29-19-6-8-20(9-7-19)36(33,34)31-25-27-11-4-12-28-25/h4,6-9,11-12,14,16,22H,3,5,10,13H2,1-2H3,(H,29,32)(H,27,28,31). The predicted molar refractivity (Wildman–Crippen MR) is 138 cm³/mol. The van der Waals surface area contributed by atoms with Crippen LogP contribution in [0.1, 0.15) is 43.5 Å². The van der Waals surface area contributed by atoms with Crippen LogP contribution >= 0.6 is 11.8 Å². The van der Waals surface area contributed by atoms with Crippen LogP contribution in [0.4, 0.5) is 11.6 Å². The van der Waals surface area contributed by atoms with Crippen molar-refractivity contribution in [3.63, 3.8) is 0 Å². The summed E-state index contributed by atoms with van der Waals surface area (Å²) in [5.74, 6) is 0.299. The first kappa shape index (κ1) is 25.6. The van der Waals surface area contributed by atoms with E-state index in [2.05, 4.69) is 33.0 Å². The summed E-state index contributed by atoms with van der Waals surface area (Å²) in [5.41, 5.74) is 3.08. The van der Waals surface area contributed by atoms with Gasteiger partial charge in [0, 0.05) is 23.8 Å². The third-order valence-corrected chi connectivity index (χ3v) is 8.57. The van der Waals surface area contributed by atoms with Gasteiger partial charge in [-0.3, -0.25) is 4.79 Å². The molecule has 1 aromatic carbocycles. The lowest BCUT2D eigenvalue weighted by Crippen LogP contribution is -2.25. The summed E-state index contributed by atoms with van der Waals surface area (Å²) >= 11 is 1.28. The molecule has 0 spiro atoms. The van der Waals surface area contributed by atoms with E-state index in [0.717, 1.165) is 30.5 Å². The van der Waals surface area contributed by atoms with Crippen molar-refractivity contribution in [2.75, 3.05) is 10.0 Å². The van der Waals surface area contributed by atoms with Gasteiger partial charge in [0.25, 0.3) is 10.0 Å². The quantitative estimate of drug-likeness (QED) is 0.420. The van der Waals surface area contributed by atoms with E-state index in [0.29, 0.717) is 28.6 Å². The second-order valence-electron chi connectivity index (χ2n) is 8.61. The molecule has 0 aliphatic heterocycles. The van der Waals surface area contributed by atoms with E-state index in [1.54, 1.807) is 6.07 Å². The summed E-state index contributed by atoms with van der Waals surface area (Å²) in [7, 11) is -3.87. The maximum Gasteiger partial charge on any atom is 0.264 e. The van der Waals surface area contributed by atoms with Gasteiger partial charge in [-0.05, 0) is 73.6 Å². The zero-order chi connectivity index (χ0) is 25.7. The molecule has 186 valence electrons. The van der Waals surface area contributed by atoms with Gasteiger partial charge in [0.15, 0.2) is 0 Å². The summed E-state index contributed by atoms with van der Waals surface area (Å²) in [6, 6.07) is 11.6. The zero-order valence-electron chi connectivity index (χ0n) is 19.9. The Morgan fingerprint density at radius 2 is 1.97 bits per heavy atom. The van der Waals surface area contributed by atoms with Gasteiger partial charge < -0.3 is 5.32 Å². The van der Waals surface area contributed by atoms with Crippen LogP contribution in [-0.4, -0.2) is 34.5 Å². The summed E-state index contributed by atoms with van der Waals surface area (Å²) in [6.07, 6.45) is 6.26. The molecule has 0 bridgehead atoms. The molecule has 4 rings (SSSR count). The van der Waals surface area contributed by atoms with Gasteiger partial charge in [-0.25, -0.2) is 28.1 Å². The second kappa shape index (κ2) is 11.1. The van der Waals surface area contributed by atoms with E-state index in [4.69, 9.17) is 4.98 Å². The molecule has 1 aliphatic carbocycles. The Hall–Kier alpha value is -3.49. The number of fused-ring (bicyclic) bond motifs is 1. The molecule has 0 saturated heterocycles. The number of anilines is 2. The maximum atomic E-state index is 13.0. The summed E-state index contributed by atoms with van der Waals surface area (Å²) in [5, 5.41) is 12.6. The first-order valence-corrected chi connectivity index (χ1v) is 14.0. The van der Waals surface area contributed by atoms with Crippen LogP contribution in [0.15, 0.2) is 58.7 Å². The molecule has 36 heavy (non-hydrogen) atoms. The first-order valence-electron chi connectivity index (χ1n) is 11.6. The molecule has 3 aromatic rings. The number of thioether (sulfide) groups is 1. The van der Waals surface area contributed by atoms with Crippen LogP contribution in [0.5, 0.6) is 0 Å². The number of amides is 1. The third-order valence-electron chi connectivity index (χ3n) is 5.86. The number of hydrogen-bond acceptors (Lipinski definition) is 8. The van der Waals surface area contributed by atoms with Crippen molar-refractivity contribution in [1.29, 1.82) is 5.26 Å². The number of benzene rings is 1. The smallest absolute Gasteiger partial charge is 0.264 e. The number of nitrogens with one attached hydrogen (secondary N) is 2. The van der Waals surface area contributed by atoms with Crippen LogP contribution in [0, 0.1) is 17.2 Å². The normalized spacial score (nSPS) is 15.9. The summed E-state index contributed by atoms with van der Waals surface area (Å²) < 4.78 is 27.4. The van der Waals surface area contributed by atoms with Crippen molar-refractivity contribution in [2.45, 2.75) is 54.7 Å². The van der Waals surface area contributed by atoms with Gasteiger partial charge in [0.1, 0.15) is 11.1 Å². The number of carbonyl (C=O) groups excluding carboxylic acids is 1. The minimum Gasteiger partial charge on any atom is -0.325 e. The van der Waals surface area contributed by atoms with Gasteiger partial charge in [-0.15, -0.1) is 0 Å². The fraction of sp³-hybridized carbons (Fsp3) is 0.320. The molecular formula is C25H26N6O3S2. The van der Waals surface area contributed by atoms with E-state index >= 15 is 0 Å². The van der Waals surface area contributed by atoms with Gasteiger partial charge in [-0.1, -0.05) is 25.6 Å². The highest BCUT2D eigenvalue weighted by molar-refractivity contribution is 8.00. The van der Waals surface area contributed by atoms with E-state index in [-0.39, 0.29) is 16.8 Å². The van der Waals surface area contributed by atoms with E-state index in [9.17, 15) is 18.5 Å². The lowest BCUT2D eigenvalue weighted by molar-refractivity contribution is -0.115. The Labute approximate surface area is 214 Å². The topological polar surface area (TPSA) is 138 Å². The minimum absolute atomic E-state index is 0.0145. The number of pyridine rings is 1. The molecule has 0 radical (unpaired) electrons. The molecule has 9 nitrogen and oxygen atoms in total. The number of nitrogens with zero attached hydrogens (tertiary/aromatic N) is 4.